The zero-order valence-electron chi connectivity index (χ0n) is 14.6. The Hall–Kier alpha value is -0.862. The molecule has 4 rings (SSSR count). The van der Waals surface area contributed by atoms with Crippen LogP contribution >= 0.6 is 10.0 Å². The average Bonchev–Trinajstić information content (AvgIpc) is 3.17. The molecule has 4 atom stereocenters. The standard InChI is InChI=1S/C15H22AsN5O3S/c1-15(2)23-10-8(5-25-16(3)4)22-14(11(10)24-15)21-7-20-9-12(17)18-6-19-13(9)21/h6-8,10-11,14H,5H2,1-4H3,(H2,17,18,19). The van der Waals surface area contributed by atoms with Gasteiger partial charge in [0.1, 0.15) is 0 Å². The van der Waals surface area contributed by atoms with Crippen molar-refractivity contribution in [3.05, 3.63) is 12.7 Å². The van der Waals surface area contributed by atoms with Crippen LogP contribution in [0.3, 0.4) is 0 Å². The van der Waals surface area contributed by atoms with Crippen LogP contribution in [0.5, 0.6) is 0 Å². The van der Waals surface area contributed by atoms with Crippen LogP contribution in [0.25, 0.3) is 11.2 Å². The summed E-state index contributed by atoms with van der Waals surface area (Å²) < 4.78 is 20.5. The van der Waals surface area contributed by atoms with Crippen LogP contribution < -0.4 is 5.73 Å². The van der Waals surface area contributed by atoms with E-state index < -0.39 is 19.3 Å². The number of nitrogens with zero attached hydrogens (tertiary/aromatic N) is 4. The van der Waals surface area contributed by atoms with Crippen molar-refractivity contribution < 1.29 is 14.2 Å². The molecule has 2 aromatic rings. The van der Waals surface area contributed by atoms with E-state index >= 15 is 0 Å². The van der Waals surface area contributed by atoms with Crippen LogP contribution in [0.2, 0.25) is 11.4 Å². The maximum absolute atomic E-state index is 6.34. The molecule has 0 bridgehead atoms. The molecule has 2 aliphatic heterocycles. The van der Waals surface area contributed by atoms with Gasteiger partial charge < -0.3 is 0 Å². The summed E-state index contributed by atoms with van der Waals surface area (Å²) in [6.07, 6.45) is 2.47. The molecular formula is C15H22AsN5O3S. The number of anilines is 1. The van der Waals surface area contributed by atoms with Gasteiger partial charge in [-0.2, -0.15) is 0 Å². The van der Waals surface area contributed by atoms with Crippen LogP contribution in [0.4, 0.5) is 5.82 Å². The maximum atomic E-state index is 6.34. The van der Waals surface area contributed by atoms with Crippen molar-refractivity contribution in [1.29, 1.82) is 0 Å². The van der Waals surface area contributed by atoms with Crippen molar-refractivity contribution in [2.45, 2.75) is 55.6 Å². The molecule has 0 amide bonds. The van der Waals surface area contributed by atoms with E-state index in [2.05, 4.69) is 26.4 Å². The van der Waals surface area contributed by atoms with Crippen molar-refractivity contribution in [3.8, 4) is 0 Å². The number of nitrogen functional groups attached to an aromatic ring is 1. The zero-order valence-corrected chi connectivity index (χ0v) is 17.3. The number of hydrogen-bond donors (Lipinski definition) is 1. The van der Waals surface area contributed by atoms with Gasteiger partial charge in [0.25, 0.3) is 0 Å². The number of fused-ring (bicyclic) bond motifs is 2. The normalized spacial score (nSPS) is 31.1. The summed E-state index contributed by atoms with van der Waals surface area (Å²) in [5.74, 6) is 0.648. The molecule has 8 nitrogen and oxygen atoms in total. The first-order valence-corrected chi connectivity index (χ1v) is 15.1. The molecule has 136 valence electrons. The number of aromatic nitrogens is 4. The number of nitrogens with two attached hydrogens (primary N) is 1. The second-order valence-corrected chi connectivity index (χ2v) is 16.2. The van der Waals surface area contributed by atoms with Gasteiger partial charge in [0.2, 0.25) is 0 Å². The van der Waals surface area contributed by atoms with Crippen LogP contribution in [0, 0.1) is 0 Å². The Morgan fingerprint density at radius 3 is 2.76 bits per heavy atom. The third-order valence-corrected chi connectivity index (χ3v) is 9.47. The van der Waals surface area contributed by atoms with Crippen molar-refractivity contribution in [1.82, 2.24) is 19.5 Å². The number of imidazole rings is 1. The molecule has 2 aromatic heterocycles. The summed E-state index contributed by atoms with van der Waals surface area (Å²) >= 11 is -0.807. The van der Waals surface area contributed by atoms with E-state index in [1.807, 2.05) is 28.4 Å². The molecule has 0 saturated carbocycles. The molecular weight excluding hydrogens is 405 g/mol. The number of ether oxygens (including phenoxy) is 3. The van der Waals surface area contributed by atoms with E-state index in [0.29, 0.717) is 17.0 Å². The fourth-order valence-electron chi connectivity index (χ4n) is 3.30. The predicted molar refractivity (Wildman–Crippen MR) is 97.4 cm³/mol. The first kappa shape index (κ1) is 17.5. The second-order valence-electron chi connectivity index (χ2n) is 6.82. The quantitative estimate of drug-likeness (QED) is 0.738. The topological polar surface area (TPSA) is 97.3 Å². The molecule has 0 aliphatic carbocycles. The Kier molecular flexibility index (Phi) is 4.48. The molecule has 25 heavy (non-hydrogen) atoms. The van der Waals surface area contributed by atoms with Crippen molar-refractivity contribution >= 4 is 40.5 Å². The summed E-state index contributed by atoms with van der Waals surface area (Å²) in [5, 5.41) is 0. The van der Waals surface area contributed by atoms with Crippen molar-refractivity contribution in [2.75, 3.05) is 11.5 Å². The molecule has 2 N–H and O–H groups in total. The zero-order chi connectivity index (χ0) is 17.8. The van der Waals surface area contributed by atoms with Gasteiger partial charge in [0, 0.05) is 0 Å². The summed E-state index contributed by atoms with van der Waals surface area (Å²) in [4.78, 5) is 12.7. The Morgan fingerprint density at radius 2 is 2.00 bits per heavy atom. The predicted octanol–water partition coefficient (Wildman–Crippen LogP) is 1.81. The van der Waals surface area contributed by atoms with Crippen LogP contribution in [0.15, 0.2) is 12.7 Å². The van der Waals surface area contributed by atoms with Gasteiger partial charge in [-0.05, 0) is 0 Å². The fourth-order valence-corrected chi connectivity index (χ4v) is 6.81. The van der Waals surface area contributed by atoms with Crippen LogP contribution in [0.1, 0.15) is 20.1 Å². The van der Waals surface area contributed by atoms with Crippen LogP contribution in [-0.4, -0.2) is 62.9 Å². The summed E-state index contributed by atoms with van der Waals surface area (Å²) in [6.45, 7) is 3.88. The summed E-state index contributed by atoms with van der Waals surface area (Å²) in [6, 6.07) is 0. The van der Waals surface area contributed by atoms with E-state index in [1.165, 1.54) is 6.33 Å². The summed E-state index contributed by atoms with van der Waals surface area (Å²) in [5.41, 5.74) is 11.8. The minimum absolute atomic E-state index is 0.0183. The minimum atomic E-state index is -0.807. The fraction of sp³-hybridized carbons (Fsp3) is 0.667. The molecule has 10 heteroatoms. The van der Waals surface area contributed by atoms with Gasteiger partial charge in [0.05, 0.1) is 0 Å². The third kappa shape index (κ3) is 3.17. The van der Waals surface area contributed by atoms with Gasteiger partial charge in [-0.15, -0.1) is 0 Å². The molecule has 0 spiro atoms. The van der Waals surface area contributed by atoms with E-state index in [1.54, 1.807) is 6.33 Å². The first-order chi connectivity index (χ1) is 11.9. The molecule has 0 aromatic carbocycles. The van der Waals surface area contributed by atoms with Gasteiger partial charge >= 0.3 is 154 Å². The van der Waals surface area contributed by atoms with E-state index in [-0.39, 0.29) is 24.5 Å². The Morgan fingerprint density at radius 1 is 1.24 bits per heavy atom. The molecule has 2 aliphatic rings. The molecule has 4 unspecified atom stereocenters. The average molecular weight is 427 g/mol. The van der Waals surface area contributed by atoms with Gasteiger partial charge in [-0.1, -0.05) is 0 Å². The second kappa shape index (κ2) is 6.39. The summed E-state index contributed by atoms with van der Waals surface area (Å²) in [7, 11) is 2.00. The molecule has 4 heterocycles. The Balaban J connectivity index is 1.67. The first-order valence-electron chi connectivity index (χ1n) is 8.10. The van der Waals surface area contributed by atoms with Gasteiger partial charge in [0.15, 0.2) is 0 Å². The molecule has 0 radical (unpaired) electrons. The van der Waals surface area contributed by atoms with E-state index in [0.717, 1.165) is 5.75 Å². The monoisotopic (exact) mass is 427 g/mol. The van der Waals surface area contributed by atoms with Gasteiger partial charge in [-0.25, -0.2) is 0 Å². The van der Waals surface area contributed by atoms with Crippen molar-refractivity contribution in [3.63, 3.8) is 0 Å². The number of hydrogen-bond acceptors (Lipinski definition) is 8. The van der Waals surface area contributed by atoms with E-state index in [4.69, 9.17) is 19.9 Å². The Labute approximate surface area is 154 Å². The van der Waals surface area contributed by atoms with Crippen molar-refractivity contribution in [2.24, 2.45) is 0 Å². The number of rotatable bonds is 4. The van der Waals surface area contributed by atoms with E-state index in [9.17, 15) is 0 Å². The molecule has 2 fully saturated rings. The Bertz CT molecular complexity index is 786. The SMILES string of the molecule is C[As](C)SCC1OC(n2cnc3c(N)ncnc32)C2OC(C)(C)OC12. The van der Waals surface area contributed by atoms with Gasteiger partial charge in [-0.3, -0.25) is 0 Å². The third-order valence-electron chi connectivity index (χ3n) is 4.28. The van der Waals surface area contributed by atoms with Crippen LogP contribution in [-0.2, 0) is 14.2 Å². The molecule has 2 saturated heterocycles.